The second kappa shape index (κ2) is 7.74. The summed E-state index contributed by atoms with van der Waals surface area (Å²) in [6, 6.07) is 11.8. The van der Waals surface area contributed by atoms with Crippen LogP contribution in [0.1, 0.15) is 5.56 Å². The zero-order valence-corrected chi connectivity index (χ0v) is 15.9. The molecule has 0 saturated heterocycles. The molecular weight excluding hydrogens is 375 g/mol. The fourth-order valence-corrected chi connectivity index (χ4v) is 3.69. The minimum Gasteiger partial charge on any atom is -0.310 e. The van der Waals surface area contributed by atoms with Gasteiger partial charge >= 0.3 is 0 Å². The molecule has 0 aliphatic carbocycles. The lowest BCUT2D eigenvalue weighted by atomic mass is 10.0. The highest BCUT2D eigenvalue weighted by Crippen LogP contribution is 2.37. The van der Waals surface area contributed by atoms with Crippen LogP contribution in [0.5, 0.6) is 0 Å². The summed E-state index contributed by atoms with van der Waals surface area (Å²) in [7, 11) is 1.78. The lowest BCUT2D eigenvalue weighted by molar-refractivity contribution is -0.115. The number of halogens is 1. The van der Waals surface area contributed by atoms with Crippen LogP contribution in [0.3, 0.4) is 0 Å². The average molecular weight is 392 g/mol. The molecule has 0 saturated carbocycles. The number of nitrogens with one attached hydrogen (secondary N) is 1. The van der Waals surface area contributed by atoms with E-state index in [4.69, 9.17) is 0 Å². The summed E-state index contributed by atoms with van der Waals surface area (Å²) < 4.78 is 15.0. The topological polar surface area (TPSA) is 59.8 Å². The maximum atomic E-state index is 13.4. The molecule has 1 aromatic carbocycles. The van der Waals surface area contributed by atoms with Gasteiger partial charge in [0.1, 0.15) is 17.3 Å². The fourth-order valence-electron chi connectivity index (χ4n) is 3.02. The van der Waals surface area contributed by atoms with Gasteiger partial charge < -0.3 is 5.32 Å². The number of rotatable bonds is 5. The second-order valence-corrected chi connectivity index (χ2v) is 7.08. The van der Waals surface area contributed by atoms with Crippen LogP contribution in [0.25, 0.3) is 22.4 Å². The number of thiophene rings is 1. The Kier molecular flexibility index (Phi) is 4.99. The third-order valence-corrected chi connectivity index (χ3v) is 5.07. The molecule has 3 aromatic heterocycles. The lowest BCUT2D eigenvalue weighted by Gasteiger charge is -2.09. The number of anilines is 1. The van der Waals surface area contributed by atoms with Crippen molar-refractivity contribution in [1.29, 1.82) is 0 Å². The van der Waals surface area contributed by atoms with Gasteiger partial charge in [-0.05, 0) is 64.4 Å². The molecule has 140 valence electrons. The van der Waals surface area contributed by atoms with Gasteiger partial charge in [0.2, 0.25) is 5.91 Å². The molecule has 5 nitrogen and oxygen atoms in total. The predicted octanol–water partition coefficient (Wildman–Crippen LogP) is 4.53. The molecule has 0 atom stereocenters. The first-order chi connectivity index (χ1) is 13.6. The van der Waals surface area contributed by atoms with E-state index < -0.39 is 0 Å². The Bertz CT molecular complexity index is 1090. The Labute approximate surface area is 165 Å². The first-order valence-electron chi connectivity index (χ1n) is 8.66. The second-order valence-electron chi connectivity index (χ2n) is 6.30. The summed E-state index contributed by atoms with van der Waals surface area (Å²) in [6.45, 7) is 0. The number of pyridine rings is 1. The Hall–Kier alpha value is -3.32. The summed E-state index contributed by atoms with van der Waals surface area (Å²) in [5.41, 5.74) is 4.04. The number of carbonyl (C=O) groups is 1. The number of carbonyl (C=O) groups excluding carboxylic acids is 1. The molecule has 4 rings (SSSR count). The van der Waals surface area contributed by atoms with Crippen molar-refractivity contribution in [2.75, 3.05) is 5.32 Å². The highest BCUT2D eigenvalue weighted by atomic mass is 32.1. The molecule has 0 fully saturated rings. The standard InChI is InChI=1S/C21H17FN4OS/c1-26-21(24-18(27)12-14-8-11-28-13-14)19(15-6-9-23-10-7-15)20(25-26)16-2-4-17(22)5-3-16/h2-11,13H,12H2,1H3,(H,24,27). The van der Waals surface area contributed by atoms with Crippen molar-refractivity contribution in [2.24, 2.45) is 7.05 Å². The van der Waals surface area contributed by atoms with Crippen LogP contribution in [0.2, 0.25) is 0 Å². The summed E-state index contributed by atoms with van der Waals surface area (Å²) in [5, 5.41) is 11.5. The monoisotopic (exact) mass is 392 g/mol. The minimum absolute atomic E-state index is 0.123. The molecule has 0 aliphatic heterocycles. The van der Waals surface area contributed by atoms with E-state index in [1.54, 1.807) is 47.6 Å². The molecule has 0 bridgehead atoms. The fraction of sp³-hybridized carbons (Fsp3) is 0.0952. The maximum Gasteiger partial charge on any atom is 0.229 e. The molecular formula is C21H17FN4OS. The van der Waals surface area contributed by atoms with E-state index in [0.29, 0.717) is 11.5 Å². The van der Waals surface area contributed by atoms with Crippen molar-refractivity contribution in [2.45, 2.75) is 6.42 Å². The van der Waals surface area contributed by atoms with Crippen LogP contribution in [0.4, 0.5) is 10.2 Å². The largest absolute Gasteiger partial charge is 0.310 e. The maximum absolute atomic E-state index is 13.4. The highest BCUT2D eigenvalue weighted by Gasteiger charge is 2.21. The molecule has 0 unspecified atom stereocenters. The SMILES string of the molecule is Cn1nc(-c2ccc(F)cc2)c(-c2ccncc2)c1NC(=O)Cc1ccsc1. The number of hydrogen-bond acceptors (Lipinski definition) is 4. The normalized spacial score (nSPS) is 10.8. The molecule has 3 heterocycles. The third-order valence-electron chi connectivity index (χ3n) is 4.34. The molecule has 28 heavy (non-hydrogen) atoms. The van der Waals surface area contributed by atoms with Gasteiger partial charge in [0, 0.05) is 25.0 Å². The van der Waals surface area contributed by atoms with Gasteiger partial charge in [-0.25, -0.2) is 4.39 Å². The van der Waals surface area contributed by atoms with Crippen molar-refractivity contribution in [3.8, 4) is 22.4 Å². The van der Waals surface area contributed by atoms with Crippen molar-refractivity contribution in [3.05, 3.63) is 77.0 Å². The quantitative estimate of drug-likeness (QED) is 0.543. The highest BCUT2D eigenvalue weighted by molar-refractivity contribution is 7.08. The number of benzene rings is 1. The van der Waals surface area contributed by atoms with E-state index in [-0.39, 0.29) is 18.1 Å². The minimum atomic E-state index is -0.311. The zero-order chi connectivity index (χ0) is 19.5. The third kappa shape index (κ3) is 3.70. The summed E-state index contributed by atoms with van der Waals surface area (Å²) in [6.07, 6.45) is 3.66. The van der Waals surface area contributed by atoms with Crippen LogP contribution in [0.15, 0.2) is 65.6 Å². The molecule has 1 amide bonds. The summed E-state index contributed by atoms with van der Waals surface area (Å²) in [5.74, 6) is 0.155. The number of nitrogens with zero attached hydrogens (tertiary/aromatic N) is 3. The van der Waals surface area contributed by atoms with Crippen LogP contribution in [0, 0.1) is 5.82 Å². The number of aromatic nitrogens is 3. The lowest BCUT2D eigenvalue weighted by Crippen LogP contribution is -2.17. The molecule has 7 heteroatoms. The number of aryl methyl sites for hydroxylation is 1. The zero-order valence-electron chi connectivity index (χ0n) is 15.1. The van der Waals surface area contributed by atoms with Gasteiger partial charge in [0.25, 0.3) is 0 Å². The van der Waals surface area contributed by atoms with Crippen molar-refractivity contribution < 1.29 is 9.18 Å². The Morgan fingerprint density at radius 2 is 1.86 bits per heavy atom. The molecule has 4 aromatic rings. The molecule has 0 spiro atoms. The smallest absolute Gasteiger partial charge is 0.229 e. The van der Waals surface area contributed by atoms with Crippen molar-refractivity contribution in [1.82, 2.24) is 14.8 Å². The van der Waals surface area contributed by atoms with Gasteiger partial charge in [-0.1, -0.05) is 0 Å². The Morgan fingerprint density at radius 3 is 2.54 bits per heavy atom. The van der Waals surface area contributed by atoms with E-state index in [2.05, 4.69) is 15.4 Å². The number of hydrogen-bond donors (Lipinski definition) is 1. The van der Waals surface area contributed by atoms with E-state index in [1.165, 1.54) is 12.1 Å². The summed E-state index contributed by atoms with van der Waals surface area (Å²) in [4.78, 5) is 16.7. The van der Waals surface area contributed by atoms with Crippen LogP contribution >= 0.6 is 11.3 Å². The average Bonchev–Trinajstić information content (AvgIpc) is 3.31. The van der Waals surface area contributed by atoms with Gasteiger partial charge in [-0.15, -0.1) is 0 Å². The first-order valence-corrected chi connectivity index (χ1v) is 9.60. The van der Waals surface area contributed by atoms with Gasteiger partial charge in [0.15, 0.2) is 0 Å². The van der Waals surface area contributed by atoms with Crippen LogP contribution in [-0.4, -0.2) is 20.7 Å². The summed E-state index contributed by atoms with van der Waals surface area (Å²) >= 11 is 1.56. The molecule has 1 N–H and O–H groups in total. The van der Waals surface area contributed by atoms with Crippen molar-refractivity contribution >= 4 is 23.1 Å². The van der Waals surface area contributed by atoms with Crippen LogP contribution in [-0.2, 0) is 18.3 Å². The first kappa shape index (κ1) is 18.1. The van der Waals surface area contributed by atoms with E-state index in [1.807, 2.05) is 29.0 Å². The molecule has 0 aliphatic rings. The van der Waals surface area contributed by atoms with E-state index in [0.717, 1.165) is 22.3 Å². The van der Waals surface area contributed by atoms with Gasteiger partial charge in [-0.3, -0.25) is 14.5 Å². The van der Waals surface area contributed by atoms with Gasteiger partial charge in [-0.2, -0.15) is 16.4 Å². The van der Waals surface area contributed by atoms with E-state index in [9.17, 15) is 9.18 Å². The Balaban J connectivity index is 1.77. The van der Waals surface area contributed by atoms with E-state index >= 15 is 0 Å². The molecule has 0 radical (unpaired) electrons. The Morgan fingerprint density at radius 1 is 1.11 bits per heavy atom. The van der Waals surface area contributed by atoms with Crippen molar-refractivity contribution in [3.63, 3.8) is 0 Å². The van der Waals surface area contributed by atoms with Gasteiger partial charge in [0.05, 0.1) is 12.0 Å². The predicted molar refractivity (Wildman–Crippen MR) is 108 cm³/mol. The number of amides is 1. The van der Waals surface area contributed by atoms with Crippen LogP contribution < -0.4 is 5.32 Å².